The zero-order valence-electron chi connectivity index (χ0n) is 17.8. The maximum atomic E-state index is 13.4. The maximum absolute atomic E-state index is 13.4. The van der Waals surface area contributed by atoms with Gasteiger partial charge in [-0.15, -0.1) is 11.3 Å². The van der Waals surface area contributed by atoms with Gasteiger partial charge in [-0.05, 0) is 66.8 Å². The van der Waals surface area contributed by atoms with Gasteiger partial charge in [-0.3, -0.25) is 14.2 Å². The molecule has 1 aliphatic heterocycles. The van der Waals surface area contributed by atoms with Crippen LogP contribution in [0.25, 0.3) is 15.9 Å². The molecule has 2 atom stereocenters. The molecule has 1 aliphatic rings. The molecule has 0 N–H and O–H groups in total. The molecule has 1 fully saturated rings. The van der Waals surface area contributed by atoms with Crippen LogP contribution in [0.5, 0.6) is 0 Å². The number of benzene rings is 1. The van der Waals surface area contributed by atoms with Crippen molar-refractivity contribution >= 4 is 27.5 Å². The molecule has 0 radical (unpaired) electrons. The zero-order valence-corrected chi connectivity index (χ0v) is 18.7. The van der Waals surface area contributed by atoms with E-state index < -0.39 is 5.69 Å². The molecule has 1 aromatic carbocycles. The summed E-state index contributed by atoms with van der Waals surface area (Å²) in [5.74, 6) is 0.813. The third-order valence-electron chi connectivity index (χ3n) is 5.73. The monoisotopic (exact) mass is 425 g/mol. The maximum Gasteiger partial charge on any atom is 0.336 e. The van der Waals surface area contributed by atoms with Crippen molar-refractivity contribution in [3.63, 3.8) is 0 Å². The third-order valence-corrected chi connectivity index (χ3v) is 6.63. The van der Waals surface area contributed by atoms with Crippen LogP contribution in [0.4, 0.5) is 0 Å². The van der Waals surface area contributed by atoms with Gasteiger partial charge in [0.2, 0.25) is 5.91 Å². The molecule has 0 aliphatic carbocycles. The number of hydrogen-bond donors (Lipinski definition) is 0. The van der Waals surface area contributed by atoms with Gasteiger partial charge in [-0.25, -0.2) is 9.36 Å². The van der Waals surface area contributed by atoms with Crippen molar-refractivity contribution in [3.8, 4) is 5.69 Å². The summed E-state index contributed by atoms with van der Waals surface area (Å²) in [6.45, 7) is 9.54. The number of amides is 1. The second-order valence-corrected chi connectivity index (χ2v) is 9.65. The van der Waals surface area contributed by atoms with E-state index in [1.807, 2.05) is 36.9 Å². The number of nitrogens with zero attached hydrogens (tertiary/aromatic N) is 3. The number of aromatic nitrogens is 2. The highest BCUT2D eigenvalue weighted by Crippen LogP contribution is 2.22. The first kappa shape index (κ1) is 20.6. The second-order valence-electron chi connectivity index (χ2n) is 8.73. The SMILES string of the molecule is Cc1cc(C)cc(-n2c(=O)c3sccc3n(CC(=O)N3C[C@@H](C)C[C@H](C)C3)c2=O)c1. The minimum absolute atomic E-state index is 0.0589. The molecule has 0 saturated carbocycles. The van der Waals surface area contributed by atoms with E-state index in [0.29, 0.717) is 40.8 Å². The Labute approximate surface area is 179 Å². The fourth-order valence-electron chi connectivity index (χ4n) is 4.65. The highest BCUT2D eigenvalue weighted by atomic mass is 32.1. The topological polar surface area (TPSA) is 64.3 Å². The lowest BCUT2D eigenvalue weighted by Crippen LogP contribution is -2.46. The van der Waals surface area contributed by atoms with Crippen molar-refractivity contribution in [2.24, 2.45) is 11.8 Å². The van der Waals surface area contributed by atoms with Crippen molar-refractivity contribution in [2.75, 3.05) is 13.1 Å². The summed E-state index contributed by atoms with van der Waals surface area (Å²) in [5, 5.41) is 1.79. The van der Waals surface area contributed by atoms with Crippen LogP contribution in [0.3, 0.4) is 0 Å². The van der Waals surface area contributed by atoms with Gasteiger partial charge in [0.1, 0.15) is 11.2 Å². The highest BCUT2D eigenvalue weighted by Gasteiger charge is 2.26. The van der Waals surface area contributed by atoms with Crippen LogP contribution < -0.4 is 11.2 Å². The third kappa shape index (κ3) is 3.74. The zero-order chi connectivity index (χ0) is 21.6. The number of fused-ring (bicyclic) bond motifs is 1. The predicted octanol–water partition coefficient (Wildman–Crippen LogP) is 3.34. The number of likely N-dealkylation sites (tertiary alicyclic amines) is 1. The van der Waals surface area contributed by atoms with Gasteiger partial charge in [-0.1, -0.05) is 19.9 Å². The molecule has 158 valence electrons. The summed E-state index contributed by atoms with van der Waals surface area (Å²) in [7, 11) is 0. The number of rotatable bonds is 3. The number of hydrogen-bond acceptors (Lipinski definition) is 4. The lowest BCUT2D eigenvalue weighted by molar-refractivity contribution is -0.134. The first-order chi connectivity index (χ1) is 14.2. The smallest absolute Gasteiger partial charge is 0.336 e. The van der Waals surface area contributed by atoms with E-state index in [9.17, 15) is 14.4 Å². The molecule has 6 nitrogen and oxygen atoms in total. The van der Waals surface area contributed by atoms with Crippen LogP contribution in [-0.4, -0.2) is 33.0 Å². The molecular formula is C23H27N3O3S. The molecule has 1 amide bonds. The Morgan fingerprint density at radius 3 is 2.33 bits per heavy atom. The van der Waals surface area contributed by atoms with E-state index >= 15 is 0 Å². The number of aryl methyl sites for hydroxylation is 2. The number of thiophene rings is 1. The number of piperidine rings is 1. The Kier molecular flexibility index (Phi) is 5.40. The van der Waals surface area contributed by atoms with Crippen LogP contribution >= 0.6 is 11.3 Å². The van der Waals surface area contributed by atoms with E-state index in [-0.39, 0.29) is 18.0 Å². The van der Waals surface area contributed by atoms with Gasteiger partial charge < -0.3 is 4.90 Å². The predicted molar refractivity (Wildman–Crippen MR) is 121 cm³/mol. The number of carbonyl (C=O) groups is 1. The fourth-order valence-corrected chi connectivity index (χ4v) is 5.47. The lowest BCUT2D eigenvalue weighted by Gasteiger charge is -2.35. The quantitative estimate of drug-likeness (QED) is 0.647. The van der Waals surface area contributed by atoms with E-state index in [1.165, 1.54) is 20.5 Å². The summed E-state index contributed by atoms with van der Waals surface area (Å²) >= 11 is 1.30. The Balaban J connectivity index is 1.82. The van der Waals surface area contributed by atoms with Crippen LogP contribution in [0, 0.1) is 25.7 Å². The normalized spacial score (nSPS) is 19.4. The van der Waals surface area contributed by atoms with E-state index in [2.05, 4.69) is 13.8 Å². The molecule has 3 aromatic rings. The molecule has 0 unspecified atom stereocenters. The Hall–Kier alpha value is -2.67. The first-order valence-corrected chi connectivity index (χ1v) is 11.2. The Morgan fingerprint density at radius 2 is 1.70 bits per heavy atom. The minimum Gasteiger partial charge on any atom is -0.341 e. The second kappa shape index (κ2) is 7.87. The van der Waals surface area contributed by atoms with Crippen molar-refractivity contribution < 1.29 is 4.79 Å². The minimum atomic E-state index is -0.470. The molecular weight excluding hydrogens is 398 g/mol. The summed E-state index contributed by atoms with van der Waals surface area (Å²) in [5.41, 5.74) is 2.21. The fraction of sp³-hybridized carbons (Fsp3) is 0.435. The van der Waals surface area contributed by atoms with Gasteiger partial charge in [-0.2, -0.15) is 0 Å². The summed E-state index contributed by atoms with van der Waals surface area (Å²) < 4.78 is 3.15. The lowest BCUT2D eigenvalue weighted by atomic mass is 9.92. The molecule has 7 heteroatoms. The summed E-state index contributed by atoms with van der Waals surface area (Å²) in [4.78, 5) is 41.5. The largest absolute Gasteiger partial charge is 0.341 e. The Morgan fingerprint density at radius 1 is 1.07 bits per heavy atom. The van der Waals surface area contributed by atoms with Crippen LogP contribution in [0.1, 0.15) is 31.4 Å². The molecule has 4 rings (SSSR count). The average molecular weight is 426 g/mol. The van der Waals surface area contributed by atoms with E-state index in [0.717, 1.165) is 17.5 Å². The molecule has 2 aromatic heterocycles. The van der Waals surface area contributed by atoms with Crippen molar-refractivity contribution in [3.05, 3.63) is 61.6 Å². The molecule has 1 saturated heterocycles. The van der Waals surface area contributed by atoms with Crippen LogP contribution in [0.2, 0.25) is 0 Å². The molecule has 0 spiro atoms. The Bertz CT molecular complexity index is 1210. The van der Waals surface area contributed by atoms with Crippen molar-refractivity contribution in [1.29, 1.82) is 0 Å². The standard InChI is InChI=1S/C23H27N3O3S/c1-14-7-15(2)10-18(9-14)26-22(28)21-19(5-6-30-21)25(23(26)29)13-20(27)24-11-16(3)8-17(4)12-24/h5-7,9-10,16-17H,8,11-13H2,1-4H3/t16-,17-/m0/s1. The van der Waals surface area contributed by atoms with Crippen LogP contribution in [0.15, 0.2) is 39.2 Å². The summed E-state index contributed by atoms with van der Waals surface area (Å²) in [6, 6.07) is 7.41. The van der Waals surface area contributed by atoms with E-state index in [1.54, 1.807) is 11.4 Å². The van der Waals surface area contributed by atoms with E-state index in [4.69, 9.17) is 0 Å². The van der Waals surface area contributed by atoms with Gasteiger partial charge in [0.05, 0.1) is 11.2 Å². The van der Waals surface area contributed by atoms with Gasteiger partial charge in [0.15, 0.2) is 0 Å². The molecule has 3 heterocycles. The summed E-state index contributed by atoms with van der Waals surface area (Å²) in [6.07, 6.45) is 1.11. The van der Waals surface area contributed by atoms with Gasteiger partial charge in [0, 0.05) is 13.1 Å². The highest BCUT2D eigenvalue weighted by molar-refractivity contribution is 7.17. The van der Waals surface area contributed by atoms with Gasteiger partial charge >= 0.3 is 5.69 Å². The van der Waals surface area contributed by atoms with Gasteiger partial charge in [0.25, 0.3) is 5.56 Å². The average Bonchev–Trinajstić information content (AvgIpc) is 3.13. The number of carbonyl (C=O) groups excluding carboxylic acids is 1. The van der Waals surface area contributed by atoms with Crippen LogP contribution in [-0.2, 0) is 11.3 Å². The molecule has 30 heavy (non-hydrogen) atoms. The molecule has 0 bridgehead atoms. The van der Waals surface area contributed by atoms with Crippen molar-refractivity contribution in [1.82, 2.24) is 14.0 Å². The first-order valence-electron chi connectivity index (χ1n) is 10.3. The van der Waals surface area contributed by atoms with Crippen molar-refractivity contribution in [2.45, 2.75) is 40.7 Å².